The summed E-state index contributed by atoms with van der Waals surface area (Å²) in [6.45, 7) is 5.22. The van der Waals surface area contributed by atoms with Crippen LogP contribution in [0.15, 0.2) is 30.6 Å². The van der Waals surface area contributed by atoms with Crippen LogP contribution in [0.5, 0.6) is 0 Å². The quantitative estimate of drug-likeness (QED) is 0.784. The van der Waals surface area contributed by atoms with Gasteiger partial charge in [0.25, 0.3) is 0 Å². The summed E-state index contributed by atoms with van der Waals surface area (Å²) in [5, 5.41) is 4.26. The lowest BCUT2D eigenvalue weighted by molar-refractivity contribution is 0.576. The highest BCUT2D eigenvalue weighted by Crippen LogP contribution is 2.17. The second-order valence-electron chi connectivity index (χ2n) is 4.03. The van der Waals surface area contributed by atoms with E-state index in [-0.39, 0.29) is 0 Å². The molecule has 0 bridgehead atoms. The molecule has 0 fully saturated rings. The van der Waals surface area contributed by atoms with Gasteiger partial charge in [0.1, 0.15) is 6.33 Å². The molecule has 0 unspecified atom stereocenters. The minimum atomic E-state index is 0.944. The lowest BCUT2D eigenvalue weighted by Crippen LogP contribution is -2.02. The number of rotatable bonds is 4. The van der Waals surface area contributed by atoms with Crippen LogP contribution in [0.1, 0.15) is 25.3 Å². The Morgan fingerprint density at radius 2 is 1.94 bits per heavy atom. The van der Waals surface area contributed by atoms with Crippen molar-refractivity contribution in [2.75, 3.05) is 0 Å². The Morgan fingerprint density at radius 1 is 1.19 bits per heavy atom. The molecule has 1 heterocycles. The van der Waals surface area contributed by atoms with Crippen molar-refractivity contribution in [3.05, 3.63) is 36.2 Å². The molecular formula is C13H17N3. The molecule has 16 heavy (non-hydrogen) atoms. The van der Waals surface area contributed by atoms with Crippen molar-refractivity contribution in [2.24, 2.45) is 0 Å². The first-order valence-corrected chi connectivity index (χ1v) is 5.76. The van der Waals surface area contributed by atoms with Gasteiger partial charge in [0.2, 0.25) is 0 Å². The molecule has 84 valence electrons. The fourth-order valence-corrected chi connectivity index (χ4v) is 1.66. The largest absolute Gasteiger partial charge is 0.246 e. The van der Waals surface area contributed by atoms with Crippen molar-refractivity contribution in [2.45, 2.75) is 33.2 Å². The Kier molecular flexibility index (Phi) is 3.34. The van der Waals surface area contributed by atoms with Crippen LogP contribution in [0.3, 0.4) is 0 Å². The summed E-state index contributed by atoms with van der Waals surface area (Å²) in [5.74, 6) is 0.966. The molecule has 0 radical (unpaired) electrons. The molecule has 0 aliphatic carbocycles. The van der Waals surface area contributed by atoms with Crippen LogP contribution < -0.4 is 0 Å². The fraction of sp³-hybridized carbons (Fsp3) is 0.385. The number of unbranched alkanes of at least 4 members (excludes halogenated alkanes) is 1. The summed E-state index contributed by atoms with van der Waals surface area (Å²) in [5.41, 5.74) is 2.41. The molecule has 2 rings (SSSR count). The molecule has 0 aliphatic heterocycles. The van der Waals surface area contributed by atoms with Gasteiger partial charge in [-0.15, -0.1) is 0 Å². The Morgan fingerprint density at radius 3 is 2.62 bits per heavy atom. The number of benzene rings is 1. The van der Waals surface area contributed by atoms with E-state index in [1.165, 1.54) is 12.0 Å². The summed E-state index contributed by atoms with van der Waals surface area (Å²) in [6, 6.07) is 8.41. The maximum Gasteiger partial charge on any atom is 0.158 e. The molecular weight excluding hydrogens is 198 g/mol. The maximum atomic E-state index is 4.32. The van der Waals surface area contributed by atoms with E-state index >= 15 is 0 Å². The molecule has 0 atom stereocenters. The van der Waals surface area contributed by atoms with E-state index in [2.05, 4.69) is 48.2 Å². The Bertz CT molecular complexity index is 442. The topological polar surface area (TPSA) is 30.7 Å². The van der Waals surface area contributed by atoms with Gasteiger partial charge >= 0.3 is 0 Å². The number of hydrogen-bond donors (Lipinski definition) is 0. The molecule has 2 aromatic rings. The number of aryl methyl sites for hydroxylation is 2. The zero-order valence-corrected chi connectivity index (χ0v) is 9.85. The summed E-state index contributed by atoms with van der Waals surface area (Å²) in [4.78, 5) is 4.32. The summed E-state index contributed by atoms with van der Waals surface area (Å²) in [7, 11) is 0. The van der Waals surface area contributed by atoms with Crippen molar-refractivity contribution < 1.29 is 0 Å². The minimum absolute atomic E-state index is 0.944. The van der Waals surface area contributed by atoms with Crippen molar-refractivity contribution >= 4 is 0 Å². The summed E-state index contributed by atoms with van der Waals surface area (Å²) < 4.78 is 1.98. The monoisotopic (exact) mass is 215 g/mol. The van der Waals surface area contributed by atoms with Gasteiger partial charge in [-0.3, -0.25) is 0 Å². The second-order valence-corrected chi connectivity index (χ2v) is 4.03. The van der Waals surface area contributed by atoms with Crippen LogP contribution in [0.4, 0.5) is 0 Å². The Hall–Kier alpha value is -1.64. The molecule has 1 aromatic carbocycles. The average Bonchev–Trinajstić information content (AvgIpc) is 2.75. The Labute approximate surface area is 96.1 Å². The van der Waals surface area contributed by atoms with Crippen LogP contribution in [0.2, 0.25) is 0 Å². The second kappa shape index (κ2) is 4.92. The molecule has 1 aromatic heterocycles. The number of hydrogen-bond acceptors (Lipinski definition) is 2. The third-order valence-corrected chi connectivity index (χ3v) is 2.65. The highest BCUT2D eigenvalue weighted by atomic mass is 15.3. The highest BCUT2D eigenvalue weighted by Gasteiger charge is 2.05. The first-order chi connectivity index (χ1) is 7.81. The van der Waals surface area contributed by atoms with Crippen LogP contribution in [-0.4, -0.2) is 14.8 Å². The van der Waals surface area contributed by atoms with Gasteiger partial charge in [0, 0.05) is 12.1 Å². The molecule has 0 aliphatic rings. The van der Waals surface area contributed by atoms with Gasteiger partial charge in [0.15, 0.2) is 5.82 Å². The molecule has 0 saturated heterocycles. The van der Waals surface area contributed by atoms with Gasteiger partial charge in [-0.05, 0) is 13.3 Å². The molecule has 0 amide bonds. The standard InChI is InChI=1S/C13H17N3/c1-3-4-9-16-13(14-10-15-16)12-7-5-11(2)6-8-12/h5-8,10H,3-4,9H2,1-2H3. The molecule has 3 nitrogen and oxygen atoms in total. The zero-order valence-electron chi connectivity index (χ0n) is 9.85. The van der Waals surface area contributed by atoms with E-state index in [0.29, 0.717) is 0 Å². The van der Waals surface area contributed by atoms with E-state index in [4.69, 9.17) is 0 Å². The molecule has 0 saturated carbocycles. The predicted octanol–water partition coefficient (Wildman–Crippen LogP) is 3.05. The van der Waals surface area contributed by atoms with Crippen LogP contribution >= 0.6 is 0 Å². The normalized spacial score (nSPS) is 10.6. The van der Waals surface area contributed by atoms with Crippen LogP contribution in [-0.2, 0) is 6.54 Å². The lowest BCUT2D eigenvalue weighted by atomic mass is 10.1. The van der Waals surface area contributed by atoms with Crippen molar-refractivity contribution in [1.29, 1.82) is 0 Å². The van der Waals surface area contributed by atoms with E-state index in [1.54, 1.807) is 6.33 Å². The van der Waals surface area contributed by atoms with E-state index < -0.39 is 0 Å². The fourth-order valence-electron chi connectivity index (χ4n) is 1.66. The third-order valence-electron chi connectivity index (χ3n) is 2.65. The number of aromatic nitrogens is 3. The van der Waals surface area contributed by atoms with Gasteiger partial charge in [-0.1, -0.05) is 43.2 Å². The van der Waals surface area contributed by atoms with E-state index in [0.717, 1.165) is 24.4 Å². The van der Waals surface area contributed by atoms with Gasteiger partial charge in [-0.25, -0.2) is 9.67 Å². The number of nitrogens with zero attached hydrogens (tertiary/aromatic N) is 3. The van der Waals surface area contributed by atoms with Crippen LogP contribution in [0.25, 0.3) is 11.4 Å². The zero-order chi connectivity index (χ0) is 11.4. The highest BCUT2D eigenvalue weighted by molar-refractivity contribution is 5.55. The van der Waals surface area contributed by atoms with Crippen molar-refractivity contribution in [3.63, 3.8) is 0 Å². The predicted molar refractivity (Wildman–Crippen MR) is 65.1 cm³/mol. The van der Waals surface area contributed by atoms with Gasteiger partial charge in [-0.2, -0.15) is 5.10 Å². The minimum Gasteiger partial charge on any atom is -0.246 e. The van der Waals surface area contributed by atoms with Crippen molar-refractivity contribution in [1.82, 2.24) is 14.8 Å². The molecule has 3 heteroatoms. The summed E-state index contributed by atoms with van der Waals surface area (Å²) in [6.07, 6.45) is 3.94. The summed E-state index contributed by atoms with van der Waals surface area (Å²) >= 11 is 0. The van der Waals surface area contributed by atoms with Gasteiger partial charge < -0.3 is 0 Å². The lowest BCUT2D eigenvalue weighted by Gasteiger charge is -2.05. The van der Waals surface area contributed by atoms with Crippen molar-refractivity contribution in [3.8, 4) is 11.4 Å². The molecule has 0 N–H and O–H groups in total. The molecule has 0 spiro atoms. The Balaban J connectivity index is 2.26. The maximum absolute atomic E-state index is 4.32. The smallest absolute Gasteiger partial charge is 0.158 e. The van der Waals surface area contributed by atoms with E-state index in [9.17, 15) is 0 Å². The van der Waals surface area contributed by atoms with Crippen LogP contribution in [0, 0.1) is 6.92 Å². The third kappa shape index (κ3) is 2.30. The van der Waals surface area contributed by atoms with E-state index in [1.807, 2.05) is 4.68 Å². The first-order valence-electron chi connectivity index (χ1n) is 5.76. The average molecular weight is 215 g/mol. The first kappa shape index (κ1) is 10.9. The van der Waals surface area contributed by atoms with Gasteiger partial charge in [0.05, 0.1) is 0 Å². The SMILES string of the molecule is CCCCn1ncnc1-c1ccc(C)cc1.